The van der Waals surface area contributed by atoms with Crippen molar-refractivity contribution in [3.05, 3.63) is 54.0 Å². The molecular formula is C27H30O16. The fourth-order valence-corrected chi connectivity index (χ4v) is 4.96. The number of aliphatic carboxylic acids is 1. The zero-order valence-electron chi connectivity index (χ0n) is 22.7. The van der Waals surface area contributed by atoms with E-state index in [2.05, 4.69) is 0 Å². The number of hydrogen-bond donors (Lipinski definition) is 7. The number of benzene rings is 1. The molecule has 0 radical (unpaired) electrons. The normalized spacial score (nSPS) is 33.6. The summed E-state index contributed by atoms with van der Waals surface area (Å²) in [7, 11) is 2.33. The molecule has 1 aliphatic carbocycles. The van der Waals surface area contributed by atoms with E-state index in [1.807, 2.05) is 0 Å². The Morgan fingerprint density at radius 3 is 2.42 bits per heavy atom. The van der Waals surface area contributed by atoms with Crippen LogP contribution in [0, 0.1) is 11.8 Å². The minimum atomic E-state index is -2.64. The predicted octanol–water partition coefficient (Wildman–Crippen LogP) is -1.87. The first-order valence-corrected chi connectivity index (χ1v) is 12.7. The maximum atomic E-state index is 13.3. The van der Waals surface area contributed by atoms with E-state index in [9.17, 15) is 50.1 Å². The van der Waals surface area contributed by atoms with Crippen LogP contribution in [0.25, 0.3) is 5.57 Å². The van der Waals surface area contributed by atoms with Crippen molar-refractivity contribution < 1.29 is 78.6 Å². The van der Waals surface area contributed by atoms with Crippen LogP contribution in [0.1, 0.15) is 5.56 Å². The van der Waals surface area contributed by atoms with Gasteiger partial charge in [0.15, 0.2) is 23.4 Å². The fourth-order valence-electron chi connectivity index (χ4n) is 4.96. The Kier molecular flexibility index (Phi) is 9.41. The van der Waals surface area contributed by atoms with Gasteiger partial charge in [0.25, 0.3) is 0 Å². The van der Waals surface area contributed by atoms with Crippen LogP contribution < -0.4 is 4.74 Å². The number of phenols is 1. The summed E-state index contributed by atoms with van der Waals surface area (Å²) in [5.74, 6) is -6.80. The van der Waals surface area contributed by atoms with E-state index >= 15 is 0 Å². The summed E-state index contributed by atoms with van der Waals surface area (Å²) in [4.78, 5) is 37.7. The third-order valence-corrected chi connectivity index (χ3v) is 7.30. The highest BCUT2D eigenvalue weighted by Gasteiger charge is 2.59. The van der Waals surface area contributed by atoms with Gasteiger partial charge in [-0.25, -0.2) is 14.4 Å². The van der Waals surface area contributed by atoms with E-state index < -0.39 is 84.5 Å². The monoisotopic (exact) mass is 610 g/mol. The number of carboxylic acid groups (broad SMARTS) is 1. The summed E-state index contributed by atoms with van der Waals surface area (Å²) >= 11 is 0. The zero-order chi connectivity index (χ0) is 31.6. The second-order valence-corrected chi connectivity index (χ2v) is 9.77. The topological polar surface area (TPSA) is 248 Å². The highest BCUT2D eigenvalue weighted by atomic mass is 16.8. The first-order chi connectivity index (χ1) is 20.4. The number of allylic oxidation sites excluding steroid dienone is 1. The molecule has 2 aliphatic heterocycles. The number of rotatable bonds is 9. The summed E-state index contributed by atoms with van der Waals surface area (Å²) in [5.41, 5.74) is -3.36. The third kappa shape index (κ3) is 5.94. The molecule has 0 amide bonds. The largest absolute Gasteiger partial charge is 0.504 e. The van der Waals surface area contributed by atoms with E-state index in [0.29, 0.717) is 6.26 Å². The Labute approximate surface area is 243 Å². The maximum Gasteiger partial charge on any atom is 0.347 e. The Morgan fingerprint density at radius 1 is 1.07 bits per heavy atom. The molecule has 1 saturated heterocycles. The van der Waals surface area contributed by atoms with Crippen molar-refractivity contribution >= 4 is 23.5 Å². The average Bonchev–Trinajstić information content (AvgIpc) is 3.36. The van der Waals surface area contributed by atoms with Gasteiger partial charge < -0.3 is 64.2 Å². The molecule has 0 bridgehead atoms. The number of hydrogen-bond acceptors (Lipinski definition) is 15. The second kappa shape index (κ2) is 12.7. The number of carbonyl (C=O) groups is 3. The number of methoxy groups -OCH3 is 2. The molecule has 0 saturated carbocycles. The highest BCUT2D eigenvalue weighted by molar-refractivity contribution is 6.15. The van der Waals surface area contributed by atoms with E-state index in [1.165, 1.54) is 25.3 Å². The first-order valence-electron chi connectivity index (χ1n) is 12.7. The molecule has 1 fully saturated rings. The molecule has 7 N–H and O–H groups in total. The van der Waals surface area contributed by atoms with Gasteiger partial charge in [-0.15, -0.1) is 0 Å². The summed E-state index contributed by atoms with van der Waals surface area (Å²) < 4.78 is 31.3. The van der Waals surface area contributed by atoms with Crippen LogP contribution in [0.2, 0.25) is 0 Å². The van der Waals surface area contributed by atoms with Crippen LogP contribution in [0.15, 0.2) is 48.4 Å². The minimum absolute atomic E-state index is 0.0254. The maximum absolute atomic E-state index is 13.3. The molecule has 3 unspecified atom stereocenters. The quantitative estimate of drug-likeness (QED) is 0.0700. The third-order valence-electron chi connectivity index (χ3n) is 7.30. The molecule has 1 aromatic carbocycles. The standard InChI is InChI=1S/C27H30O16/c1-38-16-7-11(3-4-15(16)29)13(22(33)34)9-41-26(36)27(37)6-5-12-14(23(35)39-2)10-40-24(18(12)27)43-25-21(32)20(31)19(30)17(8-28)42-25/h3-7,9-10,12,17-21,24-25,28-32,37H,8H2,1-2H3,(H,33,34)/b13-9-/t12?,17-,18?,19-,20+,21-,24?,25+,27+/m1/s1. The number of fused-ring (bicyclic) bond motifs is 1. The molecule has 9 atom stereocenters. The van der Waals surface area contributed by atoms with E-state index in [4.69, 9.17) is 28.4 Å². The number of esters is 2. The van der Waals surface area contributed by atoms with Gasteiger partial charge in [0.2, 0.25) is 6.29 Å². The lowest BCUT2D eigenvalue weighted by Crippen LogP contribution is -2.61. The van der Waals surface area contributed by atoms with Crippen LogP contribution in [-0.4, -0.2) is 117 Å². The zero-order valence-corrected chi connectivity index (χ0v) is 22.7. The van der Waals surface area contributed by atoms with Gasteiger partial charge in [-0.3, -0.25) is 0 Å². The predicted molar refractivity (Wildman–Crippen MR) is 137 cm³/mol. The lowest BCUT2D eigenvalue weighted by Gasteiger charge is -2.44. The number of aromatic hydroxyl groups is 1. The van der Waals surface area contributed by atoms with Crippen LogP contribution in [0.5, 0.6) is 11.5 Å². The van der Waals surface area contributed by atoms with E-state index in [0.717, 1.165) is 25.5 Å². The van der Waals surface area contributed by atoms with Crippen molar-refractivity contribution in [2.24, 2.45) is 11.8 Å². The molecule has 234 valence electrons. The molecule has 4 rings (SSSR count). The van der Waals surface area contributed by atoms with Gasteiger partial charge >= 0.3 is 17.9 Å². The van der Waals surface area contributed by atoms with Gasteiger partial charge in [0, 0.05) is 5.92 Å². The SMILES string of the molecule is COC(=O)C1=COC(O[C@@H]2O[C@H](CO)[C@@H](O)[C@H](O)[C@H]2O)C2C1C=C[C@@]2(O)C(=O)O/C=C(\C(=O)O)c1ccc(O)c(OC)c1. The number of phenolic OH excluding ortho intramolecular Hbond substituents is 1. The molecule has 0 spiro atoms. The van der Waals surface area contributed by atoms with Gasteiger partial charge in [0.05, 0.1) is 38.6 Å². The second-order valence-electron chi connectivity index (χ2n) is 9.77. The molecular weight excluding hydrogens is 580 g/mol. The minimum Gasteiger partial charge on any atom is -0.504 e. The molecule has 16 nitrogen and oxygen atoms in total. The van der Waals surface area contributed by atoms with Crippen LogP contribution in [0.3, 0.4) is 0 Å². The van der Waals surface area contributed by atoms with Crippen LogP contribution >= 0.6 is 0 Å². The summed E-state index contributed by atoms with van der Waals surface area (Å²) in [6, 6.07) is 3.56. The van der Waals surface area contributed by atoms with Gasteiger partial charge in [0.1, 0.15) is 36.3 Å². The summed E-state index contributed by atoms with van der Waals surface area (Å²) in [6.45, 7) is -0.766. The van der Waals surface area contributed by atoms with Gasteiger partial charge in [-0.1, -0.05) is 12.1 Å². The number of aliphatic hydroxyl groups is 5. The Bertz CT molecular complexity index is 1330. The van der Waals surface area contributed by atoms with Crippen molar-refractivity contribution in [3.63, 3.8) is 0 Å². The Balaban J connectivity index is 1.65. The number of carboxylic acids is 1. The molecule has 1 aromatic rings. The summed E-state index contributed by atoms with van der Waals surface area (Å²) in [5, 5.41) is 71.2. The Hall–Kier alpha value is -4.03. The van der Waals surface area contributed by atoms with E-state index in [-0.39, 0.29) is 22.6 Å². The highest BCUT2D eigenvalue weighted by Crippen LogP contribution is 2.46. The van der Waals surface area contributed by atoms with Crippen molar-refractivity contribution in [2.45, 2.75) is 42.6 Å². The molecule has 0 aromatic heterocycles. The van der Waals surface area contributed by atoms with Crippen LogP contribution in [0.4, 0.5) is 0 Å². The lowest BCUT2D eigenvalue weighted by atomic mass is 9.79. The van der Waals surface area contributed by atoms with Crippen molar-refractivity contribution in [3.8, 4) is 11.5 Å². The summed E-state index contributed by atoms with van der Waals surface area (Å²) in [6.07, 6.45) is -6.42. The number of carbonyl (C=O) groups excluding carboxylic acids is 2. The van der Waals surface area contributed by atoms with Crippen molar-refractivity contribution in [1.29, 1.82) is 0 Å². The first kappa shape index (κ1) is 31.9. The molecule has 43 heavy (non-hydrogen) atoms. The lowest BCUT2D eigenvalue weighted by molar-refractivity contribution is -0.345. The number of ether oxygens (including phenoxy) is 6. The van der Waals surface area contributed by atoms with E-state index in [1.54, 1.807) is 0 Å². The molecule has 16 heteroatoms. The van der Waals surface area contributed by atoms with Gasteiger partial charge in [-0.05, 0) is 23.8 Å². The van der Waals surface area contributed by atoms with Crippen LogP contribution in [-0.2, 0) is 38.1 Å². The Morgan fingerprint density at radius 2 is 1.79 bits per heavy atom. The molecule has 2 heterocycles. The number of aliphatic hydroxyl groups excluding tert-OH is 4. The average molecular weight is 611 g/mol. The smallest absolute Gasteiger partial charge is 0.347 e. The molecule has 3 aliphatic rings. The van der Waals surface area contributed by atoms with Crippen molar-refractivity contribution in [2.75, 3.05) is 20.8 Å². The van der Waals surface area contributed by atoms with Crippen molar-refractivity contribution in [1.82, 2.24) is 0 Å². The van der Waals surface area contributed by atoms with Gasteiger partial charge in [-0.2, -0.15) is 0 Å². The fraction of sp³-hybridized carbons (Fsp3) is 0.444.